The van der Waals surface area contributed by atoms with Crippen LogP contribution in [-0.2, 0) is 26.1 Å². The third-order valence-corrected chi connectivity index (χ3v) is 8.19. The van der Waals surface area contributed by atoms with Crippen molar-refractivity contribution in [2.45, 2.75) is 25.3 Å². The fourth-order valence-electron chi connectivity index (χ4n) is 3.64. The minimum absolute atomic E-state index is 0.0353. The predicted octanol–water partition coefficient (Wildman–Crippen LogP) is 4.69. The highest BCUT2D eigenvalue weighted by Crippen LogP contribution is 2.24. The van der Waals surface area contributed by atoms with Gasteiger partial charge in [-0.2, -0.15) is 4.99 Å². The summed E-state index contributed by atoms with van der Waals surface area (Å²) >= 11 is 7.14. The third kappa shape index (κ3) is 5.51. The van der Waals surface area contributed by atoms with Crippen LogP contribution in [0.2, 0.25) is 5.02 Å². The first-order valence-corrected chi connectivity index (χ1v) is 13.4. The number of nitrogens with zero attached hydrogens (tertiary/aromatic N) is 2. The average Bonchev–Trinajstić information content (AvgIpc) is 3.16. The van der Waals surface area contributed by atoms with E-state index in [1.165, 1.54) is 54.8 Å². The van der Waals surface area contributed by atoms with Crippen LogP contribution in [-0.4, -0.2) is 32.0 Å². The Morgan fingerprint density at radius 2 is 1.81 bits per heavy atom. The van der Waals surface area contributed by atoms with Gasteiger partial charge in [0.05, 0.1) is 22.2 Å². The zero-order valence-corrected chi connectivity index (χ0v) is 22.0. The van der Waals surface area contributed by atoms with Crippen LogP contribution in [0, 0.1) is 13.8 Å². The average molecular weight is 544 g/mol. The van der Waals surface area contributed by atoms with Gasteiger partial charge in [0.15, 0.2) is 4.80 Å². The summed E-state index contributed by atoms with van der Waals surface area (Å²) in [4.78, 5) is 29.8. The summed E-state index contributed by atoms with van der Waals surface area (Å²) in [7, 11) is -2.59. The number of amides is 1. The molecule has 0 bridgehead atoms. The van der Waals surface area contributed by atoms with E-state index in [1.54, 1.807) is 16.7 Å². The number of fused-ring (bicyclic) bond motifs is 1. The number of hydrogen-bond donors (Lipinski definition) is 1. The highest BCUT2D eigenvalue weighted by atomic mass is 35.5. The highest BCUT2D eigenvalue weighted by molar-refractivity contribution is 7.92. The SMILES string of the molecule is COC(=O)Cn1c(=NC(=O)c2cccc(NS(=O)(=O)c3ccc(Cl)cc3)c2)sc2c(C)cc(C)cc21. The lowest BCUT2D eigenvalue weighted by molar-refractivity contribution is -0.141. The van der Waals surface area contributed by atoms with Crippen molar-refractivity contribution in [1.29, 1.82) is 0 Å². The van der Waals surface area contributed by atoms with Gasteiger partial charge in [0, 0.05) is 16.3 Å². The summed E-state index contributed by atoms with van der Waals surface area (Å²) in [5, 5.41) is 0.416. The first-order chi connectivity index (χ1) is 17.1. The van der Waals surface area contributed by atoms with E-state index in [2.05, 4.69) is 9.71 Å². The molecule has 4 aromatic rings. The van der Waals surface area contributed by atoms with E-state index >= 15 is 0 Å². The standard InChI is InChI=1S/C25H22ClN3O5S2/c1-15-11-16(2)23-21(12-15)29(14-22(30)34-3)25(35-23)27-24(31)17-5-4-6-19(13-17)28-36(32,33)20-9-7-18(26)8-10-20/h4-13,28H,14H2,1-3H3. The van der Waals surface area contributed by atoms with Crippen LogP contribution in [0.4, 0.5) is 5.69 Å². The fourth-order valence-corrected chi connectivity index (χ4v) is 5.89. The Labute approximate surface area is 216 Å². The van der Waals surface area contributed by atoms with Gasteiger partial charge in [-0.15, -0.1) is 0 Å². The molecule has 0 aliphatic heterocycles. The number of anilines is 1. The van der Waals surface area contributed by atoms with Crippen molar-refractivity contribution in [3.63, 3.8) is 0 Å². The molecule has 0 aliphatic carbocycles. The quantitative estimate of drug-likeness (QED) is 0.355. The number of aryl methyl sites for hydroxylation is 2. The first-order valence-electron chi connectivity index (χ1n) is 10.7. The van der Waals surface area contributed by atoms with Crippen LogP contribution >= 0.6 is 22.9 Å². The Hall–Kier alpha value is -3.47. The van der Waals surface area contributed by atoms with Gasteiger partial charge in [-0.3, -0.25) is 14.3 Å². The molecule has 186 valence electrons. The van der Waals surface area contributed by atoms with Gasteiger partial charge < -0.3 is 9.30 Å². The second-order valence-electron chi connectivity index (χ2n) is 8.03. The summed E-state index contributed by atoms with van der Waals surface area (Å²) in [6.45, 7) is 3.80. The highest BCUT2D eigenvalue weighted by Gasteiger charge is 2.17. The number of thiazole rings is 1. The summed E-state index contributed by atoms with van der Waals surface area (Å²) in [6.07, 6.45) is 0. The maximum Gasteiger partial charge on any atom is 0.325 e. The molecule has 0 saturated carbocycles. The number of carbonyl (C=O) groups excluding carboxylic acids is 2. The van der Waals surface area contributed by atoms with Crippen molar-refractivity contribution in [3.05, 3.63) is 87.2 Å². The summed E-state index contributed by atoms with van der Waals surface area (Å²) in [5.74, 6) is -1.05. The van der Waals surface area contributed by atoms with Gasteiger partial charge in [-0.1, -0.05) is 35.1 Å². The molecule has 1 amide bonds. The normalized spacial score (nSPS) is 12.1. The van der Waals surface area contributed by atoms with Gasteiger partial charge in [0.25, 0.3) is 15.9 Å². The lowest BCUT2D eigenvalue weighted by atomic mass is 10.1. The molecule has 1 heterocycles. The molecular formula is C25H22ClN3O5S2. The fraction of sp³-hybridized carbons (Fsp3) is 0.160. The number of halogens is 1. The largest absolute Gasteiger partial charge is 0.468 e. The van der Waals surface area contributed by atoms with E-state index in [4.69, 9.17) is 16.3 Å². The second kappa shape index (κ2) is 10.3. The zero-order valence-electron chi connectivity index (χ0n) is 19.6. The van der Waals surface area contributed by atoms with Gasteiger partial charge in [-0.25, -0.2) is 8.42 Å². The number of rotatable bonds is 6. The summed E-state index contributed by atoms with van der Waals surface area (Å²) in [5.41, 5.74) is 3.17. The van der Waals surface area contributed by atoms with E-state index in [9.17, 15) is 18.0 Å². The Bertz CT molecular complexity index is 1660. The topological polar surface area (TPSA) is 107 Å². The van der Waals surface area contributed by atoms with Crippen LogP contribution in [0.25, 0.3) is 10.2 Å². The van der Waals surface area contributed by atoms with Crippen molar-refractivity contribution in [3.8, 4) is 0 Å². The molecule has 0 saturated heterocycles. The van der Waals surface area contributed by atoms with Crippen LogP contribution in [0.5, 0.6) is 0 Å². The number of sulfonamides is 1. The number of carbonyl (C=O) groups is 2. The molecule has 0 unspecified atom stereocenters. The number of benzene rings is 3. The Kier molecular flexibility index (Phi) is 7.30. The maximum absolute atomic E-state index is 13.1. The summed E-state index contributed by atoms with van der Waals surface area (Å²) in [6, 6.07) is 15.7. The molecular weight excluding hydrogens is 522 g/mol. The molecule has 11 heteroatoms. The molecule has 4 rings (SSSR count). The van der Waals surface area contributed by atoms with Crippen LogP contribution in [0.15, 0.2) is 70.6 Å². The maximum atomic E-state index is 13.1. The molecule has 3 aromatic carbocycles. The van der Waals surface area contributed by atoms with Crippen molar-refractivity contribution in [2.24, 2.45) is 4.99 Å². The number of methoxy groups -OCH3 is 1. The number of nitrogens with one attached hydrogen (secondary N) is 1. The smallest absolute Gasteiger partial charge is 0.325 e. The summed E-state index contributed by atoms with van der Waals surface area (Å²) < 4.78 is 35.3. The van der Waals surface area contributed by atoms with Crippen molar-refractivity contribution >= 4 is 60.7 Å². The molecule has 0 radical (unpaired) electrons. The number of esters is 1. The minimum atomic E-state index is -3.88. The van der Waals surface area contributed by atoms with E-state index in [-0.39, 0.29) is 22.7 Å². The third-order valence-electron chi connectivity index (χ3n) is 5.31. The van der Waals surface area contributed by atoms with Crippen molar-refractivity contribution in [1.82, 2.24) is 4.57 Å². The number of aromatic nitrogens is 1. The lowest BCUT2D eigenvalue weighted by Crippen LogP contribution is -2.22. The molecule has 8 nitrogen and oxygen atoms in total. The van der Waals surface area contributed by atoms with Crippen molar-refractivity contribution < 1.29 is 22.7 Å². The van der Waals surface area contributed by atoms with Gasteiger partial charge >= 0.3 is 5.97 Å². The van der Waals surface area contributed by atoms with Crippen LogP contribution in [0.3, 0.4) is 0 Å². The molecule has 1 aromatic heterocycles. The van der Waals surface area contributed by atoms with Gasteiger partial charge in [-0.05, 0) is 73.5 Å². The number of hydrogen-bond acceptors (Lipinski definition) is 6. The van der Waals surface area contributed by atoms with Gasteiger partial charge in [0.1, 0.15) is 6.54 Å². The first kappa shape index (κ1) is 25.6. The monoisotopic (exact) mass is 543 g/mol. The zero-order chi connectivity index (χ0) is 26.0. The van der Waals surface area contributed by atoms with Crippen LogP contribution in [0.1, 0.15) is 21.5 Å². The molecule has 0 fully saturated rings. The van der Waals surface area contributed by atoms with E-state index in [0.29, 0.717) is 9.82 Å². The number of ether oxygens (including phenoxy) is 1. The molecule has 1 N–H and O–H groups in total. The predicted molar refractivity (Wildman–Crippen MR) is 140 cm³/mol. The van der Waals surface area contributed by atoms with E-state index in [0.717, 1.165) is 21.3 Å². The van der Waals surface area contributed by atoms with Crippen molar-refractivity contribution in [2.75, 3.05) is 11.8 Å². The molecule has 0 spiro atoms. The second-order valence-corrected chi connectivity index (χ2v) is 11.1. The Morgan fingerprint density at radius 1 is 1.08 bits per heavy atom. The Morgan fingerprint density at radius 3 is 2.50 bits per heavy atom. The minimum Gasteiger partial charge on any atom is -0.468 e. The van der Waals surface area contributed by atoms with Gasteiger partial charge in [0.2, 0.25) is 0 Å². The Balaban J connectivity index is 1.71. The molecule has 0 atom stereocenters. The lowest BCUT2D eigenvalue weighted by Gasteiger charge is -2.09. The van der Waals surface area contributed by atoms with E-state index < -0.39 is 21.9 Å². The molecule has 36 heavy (non-hydrogen) atoms. The van der Waals surface area contributed by atoms with E-state index in [1.807, 2.05) is 26.0 Å². The molecule has 0 aliphatic rings. The van der Waals surface area contributed by atoms with Crippen LogP contribution < -0.4 is 9.52 Å².